The van der Waals surface area contributed by atoms with Crippen LogP contribution in [-0.2, 0) is 0 Å². The number of aromatic hydroxyl groups is 3. The second-order valence-electron chi connectivity index (χ2n) is 3.31. The molecule has 16 heavy (non-hydrogen) atoms. The van der Waals surface area contributed by atoms with Crippen LogP contribution in [0.4, 0.5) is 0 Å². The Morgan fingerprint density at radius 2 is 1.44 bits per heavy atom. The molecule has 0 fully saturated rings. The number of benzene rings is 2. The standard InChI is InChI=1S/C12H9ClO3/c13-9-4-2-1-3-7(9)8-5-6-10(14)12(16)11(8)15/h1-6,14-16H. The maximum atomic E-state index is 9.69. The van der Waals surface area contributed by atoms with Crippen molar-refractivity contribution in [3.05, 3.63) is 41.4 Å². The van der Waals surface area contributed by atoms with Crippen LogP contribution in [0.5, 0.6) is 17.2 Å². The van der Waals surface area contributed by atoms with Crippen molar-refractivity contribution in [3.8, 4) is 28.4 Å². The largest absolute Gasteiger partial charge is 0.504 e. The van der Waals surface area contributed by atoms with E-state index in [0.717, 1.165) is 0 Å². The minimum absolute atomic E-state index is 0.367. The number of hydrogen-bond donors (Lipinski definition) is 3. The highest BCUT2D eigenvalue weighted by molar-refractivity contribution is 6.33. The summed E-state index contributed by atoms with van der Waals surface area (Å²) in [6, 6.07) is 9.72. The Labute approximate surface area is 97.2 Å². The Hall–Kier alpha value is -1.87. The van der Waals surface area contributed by atoms with Crippen LogP contribution >= 0.6 is 11.6 Å². The lowest BCUT2D eigenvalue weighted by Crippen LogP contribution is -1.81. The van der Waals surface area contributed by atoms with Gasteiger partial charge >= 0.3 is 0 Å². The highest BCUT2D eigenvalue weighted by Crippen LogP contribution is 2.43. The summed E-state index contributed by atoms with van der Waals surface area (Å²) in [5.74, 6) is -1.29. The number of phenols is 3. The second kappa shape index (κ2) is 3.94. The summed E-state index contributed by atoms with van der Waals surface area (Å²) in [5, 5.41) is 28.7. The van der Waals surface area contributed by atoms with E-state index in [1.54, 1.807) is 24.3 Å². The van der Waals surface area contributed by atoms with Crippen molar-refractivity contribution < 1.29 is 15.3 Å². The molecule has 0 bridgehead atoms. The molecule has 0 radical (unpaired) electrons. The van der Waals surface area contributed by atoms with Gasteiger partial charge in [-0.25, -0.2) is 0 Å². The van der Waals surface area contributed by atoms with Gasteiger partial charge in [-0.2, -0.15) is 0 Å². The predicted molar refractivity (Wildman–Crippen MR) is 61.9 cm³/mol. The topological polar surface area (TPSA) is 60.7 Å². The molecule has 0 saturated heterocycles. The van der Waals surface area contributed by atoms with Crippen LogP contribution in [0, 0.1) is 0 Å². The quantitative estimate of drug-likeness (QED) is 0.667. The third kappa shape index (κ3) is 1.66. The zero-order valence-corrected chi connectivity index (χ0v) is 8.94. The molecule has 2 aromatic rings. The molecular weight excluding hydrogens is 228 g/mol. The molecule has 2 rings (SSSR count). The highest BCUT2D eigenvalue weighted by atomic mass is 35.5. The van der Waals surface area contributed by atoms with Crippen LogP contribution in [0.1, 0.15) is 0 Å². The highest BCUT2D eigenvalue weighted by Gasteiger charge is 2.14. The minimum atomic E-state index is -0.544. The Balaban J connectivity index is 2.66. The van der Waals surface area contributed by atoms with Crippen molar-refractivity contribution in [3.63, 3.8) is 0 Å². The second-order valence-corrected chi connectivity index (χ2v) is 3.72. The van der Waals surface area contributed by atoms with Crippen LogP contribution < -0.4 is 0 Å². The third-order valence-electron chi connectivity index (χ3n) is 2.29. The molecule has 0 atom stereocenters. The first-order valence-corrected chi connectivity index (χ1v) is 4.98. The van der Waals surface area contributed by atoms with Gasteiger partial charge < -0.3 is 15.3 Å². The first kappa shape index (κ1) is 10.6. The lowest BCUT2D eigenvalue weighted by atomic mass is 10.0. The average Bonchev–Trinajstić information content (AvgIpc) is 2.28. The van der Waals surface area contributed by atoms with E-state index in [0.29, 0.717) is 16.1 Å². The van der Waals surface area contributed by atoms with Gasteiger partial charge in [-0.1, -0.05) is 29.8 Å². The third-order valence-corrected chi connectivity index (χ3v) is 2.62. The molecule has 0 unspecified atom stereocenters. The van der Waals surface area contributed by atoms with Crippen molar-refractivity contribution in [1.82, 2.24) is 0 Å². The van der Waals surface area contributed by atoms with Crippen LogP contribution in [0.15, 0.2) is 36.4 Å². The van der Waals surface area contributed by atoms with Crippen LogP contribution in [-0.4, -0.2) is 15.3 Å². The molecule has 82 valence electrons. The fourth-order valence-electron chi connectivity index (χ4n) is 1.47. The first-order valence-electron chi connectivity index (χ1n) is 4.60. The van der Waals surface area contributed by atoms with E-state index in [9.17, 15) is 15.3 Å². The monoisotopic (exact) mass is 236 g/mol. The molecule has 2 aromatic carbocycles. The van der Waals surface area contributed by atoms with Gasteiger partial charge in [0, 0.05) is 16.1 Å². The SMILES string of the molecule is Oc1ccc(-c2ccccc2Cl)c(O)c1O. The van der Waals surface area contributed by atoms with Gasteiger partial charge in [0.1, 0.15) is 0 Å². The van der Waals surface area contributed by atoms with E-state index in [1.807, 2.05) is 0 Å². The molecule has 3 N–H and O–H groups in total. The fraction of sp³-hybridized carbons (Fsp3) is 0. The number of halogens is 1. The Bertz CT molecular complexity index is 538. The Kier molecular flexibility index (Phi) is 2.62. The van der Waals surface area contributed by atoms with E-state index >= 15 is 0 Å². The molecule has 0 aromatic heterocycles. The van der Waals surface area contributed by atoms with E-state index in [-0.39, 0.29) is 11.5 Å². The smallest absolute Gasteiger partial charge is 0.200 e. The zero-order valence-electron chi connectivity index (χ0n) is 8.18. The summed E-state index contributed by atoms with van der Waals surface area (Å²) in [4.78, 5) is 0. The molecule has 0 aliphatic rings. The minimum Gasteiger partial charge on any atom is -0.504 e. The lowest BCUT2D eigenvalue weighted by Gasteiger charge is -2.08. The molecule has 0 aliphatic heterocycles. The fourth-order valence-corrected chi connectivity index (χ4v) is 1.70. The van der Waals surface area contributed by atoms with Crippen molar-refractivity contribution in [2.24, 2.45) is 0 Å². The van der Waals surface area contributed by atoms with Crippen molar-refractivity contribution in [2.75, 3.05) is 0 Å². The molecule has 0 spiro atoms. The number of rotatable bonds is 1. The van der Waals surface area contributed by atoms with Gasteiger partial charge in [0.05, 0.1) is 0 Å². The maximum absolute atomic E-state index is 9.69. The summed E-state index contributed by atoms with van der Waals surface area (Å²) in [7, 11) is 0. The van der Waals surface area contributed by atoms with Crippen LogP contribution in [0.2, 0.25) is 5.02 Å². The van der Waals surface area contributed by atoms with Gasteiger partial charge in [0.15, 0.2) is 11.5 Å². The summed E-state index contributed by atoms with van der Waals surface area (Å²) in [6.07, 6.45) is 0. The van der Waals surface area contributed by atoms with Crippen molar-refractivity contribution in [2.45, 2.75) is 0 Å². The van der Waals surface area contributed by atoms with Gasteiger partial charge in [-0.3, -0.25) is 0 Å². The Morgan fingerprint density at radius 1 is 0.750 bits per heavy atom. The molecule has 3 nitrogen and oxygen atoms in total. The number of hydrogen-bond acceptors (Lipinski definition) is 3. The van der Waals surface area contributed by atoms with Crippen molar-refractivity contribution >= 4 is 11.6 Å². The Morgan fingerprint density at radius 3 is 2.12 bits per heavy atom. The number of phenolic OH excluding ortho intramolecular Hbond substituents is 3. The summed E-state index contributed by atoms with van der Waals surface area (Å²) in [6.45, 7) is 0. The normalized spacial score (nSPS) is 10.3. The van der Waals surface area contributed by atoms with Gasteiger partial charge in [-0.15, -0.1) is 0 Å². The van der Waals surface area contributed by atoms with Gasteiger partial charge in [-0.05, 0) is 18.2 Å². The van der Waals surface area contributed by atoms with Crippen LogP contribution in [0.3, 0.4) is 0 Å². The molecule has 0 saturated carbocycles. The van der Waals surface area contributed by atoms with Crippen molar-refractivity contribution in [1.29, 1.82) is 0 Å². The van der Waals surface area contributed by atoms with Gasteiger partial charge in [0.2, 0.25) is 5.75 Å². The van der Waals surface area contributed by atoms with E-state index in [1.165, 1.54) is 12.1 Å². The predicted octanol–water partition coefficient (Wildman–Crippen LogP) is 3.12. The summed E-state index contributed by atoms with van der Waals surface area (Å²) in [5.41, 5.74) is 0.970. The summed E-state index contributed by atoms with van der Waals surface area (Å²) < 4.78 is 0. The van der Waals surface area contributed by atoms with E-state index < -0.39 is 5.75 Å². The first-order chi connectivity index (χ1) is 7.61. The maximum Gasteiger partial charge on any atom is 0.200 e. The van der Waals surface area contributed by atoms with E-state index in [4.69, 9.17) is 11.6 Å². The lowest BCUT2D eigenvalue weighted by molar-refractivity contribution is 0.369. The van der Waals surface area contributed by atoms with E-state index in [2.05, 4.69) is 0 Å². The average molecular weight is 237 g/mol. The van der Waals surface area contributed by atoms with Crippen LogP contribution in [0.25, 0.3) is 11.1 Å². The molecule has 0 aliphatic carbocycles. The molecule has 0 amide bonds. The molecular formula is C12H9ClO3. The summed E-state index contributed by atoms with van der Waals surface area (Å²) >= 11 is 5.97. The van der Waals surface area contributed by atoms with Gasteiger partial charge in [0.25, 0.3) is 0 Å². The molecule has 0 heterocycles. The zero-order chi connectivity index (χ0) is 11.7. The molecule has 4 heteroatoms.